The zero-order valence-electron chi connectivity index (χ0n) is 44.5. The van der Waals surface area contributed by atoms with Gasteiger partial charge in [-0.2, -0.15) is 70.2 Å². The first-order valence-corrected chi connectivity index (χ1v) is 25.3. The highest BCUT2D eigenvalue weighted by Crippen LogP contribution is 2.38. The van der Waals surface area contributed by atoms with Crippen molar-refractivity contribution in [1.82, 2.24) is 0 Å². The summed E-state index contributed by atoms with van der Waals surface area (Å²) in [7, 11) is 0. The van der Waals surface area contributed by atoms with Gasteiger partial charge in [-0.15, -0.1) is 0 Å². The highest BCUT2D eigenvalue weighted by molar-refractivity contribution is 5.94. The van der Waals surface area contributed by atoms with Crippen LogP contribution >= 0.6 is 0 Å². The minimum atomic E-state index is -4.50. The average Bonchev–Trinajstić information content (AvgIpc) is 2.78. The Morgan fingerprint density at radius 2 is 0.553 bits per heavy atom. The Kier molecular flexibility index (Phi) is 17.2. The number of azo groups is 3. The second-order valence-corrected chi connectivity index (χ2v) is 18.7. The summed E-state index contributed by atoms with van der Waals surface area (Å²) >= 11 is 0. The first-order valence-electron chi connectivity index (χ1n) is 25.3. The van der Waals surface area contributed by atoms with Gasteiger partial charge in [0.15, 0.2) is 0 Å². The highest BCUT2D eigenvalue weighted by atomic mass is 19.4. The van der Waals surface area contributed by atoms with Crippen LogP contribution in [0.2, 0.25) is 0 Å². The molecule has 0 aliphatic heterocycles. The molecule has 0 atom stereocenters. The molecule has 9 rings (SSSR count). The third kappa shape index (κ3) is 15.1. The molecular weight excluding hydrogens is 1120 g/mol. The van der Waals surface area contributed by atoms with Gasteiger partial charge >= 0.3 is 36.4 Å². The molecule has 428 valence electrons. The standard InChI is InChI=1S/C63H42F9N7O6/c1-37-34-52(28-31-55(37)76-73-46-16-10-43(11-17-46)61(64,65)66)83-58(80)40-4-22-49(23-5-40)79(50-24-6-41(7-25-50)59(81)84-53-29-32-56(38(2)35-53)77-74-47-18-12-44(13-19-47)62(67,68)69)51-26-8-42(9-27-51)60(82)85-54-30-33-57(39(3)36-54)78-75-48-20-14-45(15-21-48)63(70,71)72/h4-36H,1-3H3. The minimum absolute atomic E-state index is 0.166. The summed E-state index contributed by atoms with van der Waals surface area (Å²) in [6.07, 6.45) is -13.5. The van der Waals surface area contributed by atoms with E-state index in [9.17, 15) is 53.9 Å². The van der Waals surface area contributed by atoms with Crippen LogP contribution in [0.5, 0.6) is 17.2 Å². The fourth-order valence-corrected chi connectivity index (χ4v) is 8.08. The molecule has 0 bridgehead atoms. The van der Waals surface area contributed by atoms with E-state index >= 15 is 0 Å². The van der Waals surface area contributed by atoms with Crippen molar-refractivity contribution in [2.45, 2.75) is 39.3 Å². The van der Waals surface area contributed by atoms with Crippen LogP contribution in [-0.4, -0.2) is 17.9 Å². The normalized spacial score (nSPS) is 12.0. The number of rotatable bonds is 15. The summed E-state index contributed by atoms with van der Waals surface area (Å²) in [6, 6.07) is 45.5. The molecule has 13 nitrogen and oxygen atoms in total. The summed E-state index contributed by atoms with van der Waals surface area (Å²) in [5.41, 5.74) is 3.04. The molecule has 9 aromatic rings. The molecule has 0 aliphatic rings. The monoisotopic (exact) mass is 1160 g/mol. The van der Waals surface area contributed by atoms with Crippen LogP contribution in [-0.2, 0) is 18.5 Å². The summed E-state index contributed by atoms with van der Waals surface area (Å²) in [4.78, 5) is 42.2. The van der Waals surface area contributed by atoms with Crippen LogP contribution in [0, 0.1) is 20.8 Å². The zero-order valence-corrected chi connectivity index (χ0v) is 44.5. The van der Waals surface area contributed by atoms with E-state index in [1.54, 1.807) is 98.5 Å². The lowest BCUT2D eigenvalue weighted by Gasteiger charge is -2.26. The second-order valence-electron chi connectivity index (χ2n) is 18.7. The van der Waals surface area contributed by atoms with Gasteiger partial charge in [0, 0.05) is 17.1 Å². The fraction of sp³-hybridized carbons (Fsp3) is 0.0952. The zero-order chi connectivity index (χ0) is 60.6. The van der Waals surface area contributed by atoms with Crippen molar-refractivity contribution in [2.75, 3.05) is 4.90 Å². The number of hydrogen-bond acceptors (Lipinski definition) is 13. The van der Waals surface area contributed by atoms with Gasteiger partial charge < -0.3 is 19.1 Å². The summed E-state index contributed by atoms with van der Waals surface area (Å²) in [5, 5.41) is 24.5. The average molecular weight is 1160 g/mol. The third-order valence-electron chi connectivity index (χ3n) is 12.6. The van der Waals surface area contributed by atoms with Crippen LogP contribution in [0.1, 0.15) is 64.5 Å². The van der Waals surface area contributed by atoms with Gasteiger partial charge in [-0.3, -0.25) is 0 Å². The van der Waals surface area contributed by atoms with Gasteiger partial charge in [-0.25, -0.2) is 14.4 Å². The number of aryl methyl sites for hydroxylation is 3. The Labute approximate surface area is 478 Å². The van der Waals surface area contributed by atoms with Gasteiger partial charge in [0.25, 0.3) is 0 Å². The van der Waals surface area contributed by atoms with Gasteiger partial charge in [0.2, 0.25) is 0 Å². The van der Waals surface area contributed by atoms with Gasteiger partial charge in [-0.1, -0.05) is 0 Å². The molecule has 9 aromatic carbocycles. The Morgan fingerprint density at radius 1 is 0.318 bits per heavy atom. The topological polar surface area (TPSA) is 156 Å². The number of hydrogen-bond donors (Lipinski definition) is 0. The Morgan fingerprint density at radius 3 is 0.765 bits per heavy atom. The fourth-order valence-electron chi connectivity index (χ4n) is 8.08. The Balaban J connectivity index is 0.907. The van der Waals surface area contributed by atoms with Crippen LogP contribution in [0.15, 0.2) is 231 Å². The lowest BCUT2D eigenvalue weighted by Crippen LogP contribution is -2.13. The summed E-state index contributed by atoms with van der Waals surface area (Å²) in [6.45, 7) is 5.08. The number of ether oxygens (including phenoxy) is 3. The van der Waals surface area contributed by atoms with E-state index < -0.39 is 53.1 Å². The van der Waals surface area contributed by atoms with Crippen molar-refractivity contribution in [2.24, 2.45) is 30.7 Å². The summed E-state index contributed by atoms with van der Waals surface area (Å²) in [5.74, 6) is -1.58. The molecular formula is C63H42F9N7O6. The van der Waals surface area contributed by atoms with E-state index in [0.29, 0.717) is 50.8 Å². The molecule has 0 saturated heterocycles. The van der Waals surface area contributed by atoms with Crippen LogP contribution in [0.3, 0.4) is 0 Å². The number of esters is 3. The molecule has 0 aliphatic carbocycles. The maximum atomic E-state index is 13.5. The molecule has 0 heterocycles. The smallest absolute Gasteiger partial charge is 0.416 e. The minimum Gasteiger partial charge on any atom is -0.423 e. The largest absolute Gasteiger partial charge is 0.423 e. The molecule has 0 saturated carbocycles. The van der Waals surface area contributed by atoms with Crippen molar-refractivity contribution < 1.29 is 68.1 Å². The Hall–Kier alpha value is -10.6. The number of anilines is 3. The number of carbonyl (C=O) groups excluding carboxylic acids is 3. The van der Waals surface area contributed by atoms with Crippen LogP contribution in [0.4, 0.5) is 90.7 Å². The lowest BCUT2D eigenvalue weighted by molar-refractivity contribution is -0.138. The van der Waals surface area contributed by atoms with E-state index in [0.717, 1.165) is 36.4 Å². The number of carbonyl (C=O) groups is 3. The second kappa shape index (κ2) is 24.8. The van der Waals surface area contributed by atoms with E-state index in [2.05, 4.69) is 30.7 Å². The lowest BCUT2D eigenvalue weighted by atomic mass is 10.1. The van der Waals surface area contributed by atoms with Crippen molar-refractivity contribution in [3.63, 3.8) is 0 Å². The van der Waals surface area contributed by atoms with Crippen molar-refractivity contribution >= 4 is 69.1 Å². The van der Waals surface area contributed by atoms with Crippen LogP contribution in [0.25, 0.3) is 0 Å². The predicted octanol–water partition coefficient (Wildman–Crippen LogP) is 20.0. The maximum absolute atomic E-state index is 13.5. The molecule has 0 amide bonds. The molecule has 85 heavy (non-hydrogen) atoms. The number of halogens is 9. The van der Waals surface area contributed by atoms with E-state index in [4.69, 9.17) is 14.2 Å². The molecule has 0 radical (unpaired) electrons. The molecule has 22 heteroatoms. The van der Waals surface area contributed by atoms with Gasteiger partial charge in [-0.05, 0) is 238 Å². The first kappa shape index (κ1) is 59.0. The first-order chi connectivity index (χ1) is 40.4. The van der Waals surface area contributed by atoms with Gasteiger partial charge in [0.05, 0.1) is 67.5 Å². The number of benzene rings is 9. The van der Waals surface area contributed by atoms with Crippen molar-refractivity contribution in [1.29, 1.82) is 0 Å². The maximum Gasteiger partial charge on any atom is 0.416 e. The highest BCUT2D eigenvalue weighted by Gasteiger charge is 2.32. The molecule has 0 spiro atoms. The van der Waals surface area contributed by atoms with E-state index in [1.807, 2.05) is 0 Å². The predicted molar refractivity (Wildman–Crippen MR) is 296 cm³/mol. The quantitative estimate of drug-likeness (QED) is 0.0428. The molecule has 0 aromatic heterocycles. The SMILES string of the molecule is Cc1cc(OC(=O)c2ccc(N(c3ccc(C(=O)Oc4ccc(N=Nc5ccc(C(F)(F)F)cc5)c(C)c4)cc3)c3ccc(C(=O)Oc4ccc(N=Nc5ccc(C(F)(F)F)cc5)c(C)c4)cc3)cc2)ccc1N=Nc1ccc(C(F)(F)F)cc1. The van der Waals surface area contributed by atoms with Crippen molar-refractivity contribution in [3.05, 3.63) is 250 Å². The molecule has 0 unspecified atom stereocenters. The molecule has 0 N–H and O–H groups in total. The van der Waals surface area contributed by atoms with E-state index in [1.165, 1.54) is 91.0 Å². The van der Waals surface area contributed by atoms with Crippen LogP contribution < -0.4 is 19.1 Å². The number of alkyl halides is 9. The number of nitrogens with zero attached hydrogens (tertiary/aromatic N) is 7. The third-order valence-corrected chi connectivity index (χ3v) is 12.6. The molecule has 0 fully saturated rings. The van der Waals surface area contributed by atoms with Gasteiger partial charge in [0.1, 0.15) is 17.2 Å². The van der Waals surface area contributed by atoms with Crippen molar-refractivity contribution in [3.8, 4) is 17.2 Å². The van der Waals surface area contributed by atoms with E-state index in [-0.39, 0.29) is 51.0 Å². The Bertz CT molecular complexity index is 3590. The summed E-state index contributed by atoms with van der Waals surface area (Å²) < 4.78 is 134.